The Morgan fingerprint density at radius 1 is 1.15 bits per heavy atom. The van der Waals surface area contributed by atoms with Gasteiger partial charge in [-0.1, -0.05) is 13.8 Å². The lowest BCUT2D eigenvalue weighted by Crippen LogP contribution is -2.34. The van der Waals surface area contributed by atoms with Crippen LogP contribution in [0.15, 0.2) is 0 Å². The molecule has 0 aromatic carbocycles. The first-order chi connectivity index (χ1) is 5.85. The van der Waals surface area contributed by atoms with E-state index in [1.54, 1.807) is 0 Å². The van der Waals surface area contributed by atoms with Crippen LogP contribution in [-0.4, -0.2) is 21.2 Å². The largest absolute Gasteiger partial charge is 0.393 e. The van der Waals surface area contributed by atoms with Crippen LogP contribution >= 0.6 is 0 Å². The monoisotopic (exact) mass is 204 g/mol. The van der Waals surface area contributed by atoms with Gasteiger partial charge in [0.05, 0.1) is 0 Å². The Hall–Kier alpha value is 0.137. The molecule has 80 valence electrons. The smallest absolute Gasteiger partial charge is 0.187 e. The fraction of sp³-hybridized carbons (Fsp3) is 1.00. The van der Waals surface area contributed by atoms with Gasteiger partial charge in [0, 0.05) is 6.61 Å². The molecule has 0 aromatic rings. The summed E-state index contributed by atoms with van der Waals surface area (Å²) in [5.74, 6) is 0.632. The van der Waals surface area contributed by atoms with Crippen molar-refractivity contribution in [2.45, 2.75) is 53.1 Å². The van der Waals surface area contributed by atoms with Crippen LogP contribution in [-0.2, 0) is 9.16 Å². The lowest BCUT2D eigenvalue weighted by atomic mass is 10.1. The highest BCUT2D eigenvalue weighted by Crippen LogP contribution is 2.15. The third-order valence-electron chi connectivity index (χ3n) is 1.50. The van der Waals surface area contributed by atoms with Crippen molar-refractivity contribution in [1.82, 2.24) is 0 Å². The molecule has 0 aromatic heterocycles. The maximum Gasteiger partial charge on any atom is 0.187 e. The number of hydrogen-bond acceptors (Lipinski definition) is 2. The van der Waals surface area contributed by atoms with Crippen molar-refractivity contribution in [2.24, 2.45) is 5.92 Å². The number of rotatable bonds is 6. The summed E-state index contributed by atoms with van der Waals surface area (Å²) in [4.78, 5) is 0. The summed E-state index contributed by atoms with van der Waals surface area (Å²) in [5, 5.41) is 0. The van der Waals surface area contributed by atoms with Gasteiger partial charge in [0.25, 0.3) is 0 Å². The van der Waals surface area contributed by atoms with E-state index in [0.717, 1.165) is 13.0 Å². The second kappa shape index (κ2) is 5.78. The first-order valence-electron chi connectivity index (χ1n) is 5.14. The molecule has 13 heavy (non-hydrogen) atoms. The van der Waals surface area contributed by atoms with Crippen LogP contribution < -0.4 is 0 Å². The van der Waals surface area contributed by atoms with Gasteiger partial charge < -0.3 is 9.16 Å². The second-order valence-corrected chi connectivity index (χ2v) is 9.21. The molecule has 0 N–H and O–H groups in total. The highest BCUT2D eigenvalue weighted by Gasteiger charge is 2.21. The maximum absolute atomic E-state index is 5.91. The van der Waals surface area contributed by atoms with Crippen LogP contribution in [0.5, 0.6) is 0 Å². The minimum atomic E-state index is -1.45. The van der Waals surface area contributed by atoms with Crippen LogP contribution in [0.2, 0.25) is 19.6 Å². The molecule has 0 radical (unpaired) electrons. The second-order valence-electron chi connectivity index (χ2n) is 4.74. The molecule has 0 aliphatic rings. The predicted molar refractivity (Wildman–Crippen MR) is 59.3 cm³/mol. The van der Waals surface area contributed by atoms with Crippen LogP contribution in [0.25, 0.3) is 0 Å². The fourth-order valence-electron chi connectivity index (χ4n) is 1.12. The molecule has 0 spiro atoms. The molecule has 0 saturated heterocycles. The first kappa shape index (κ1) is 13.1. The molecule has 2 nitrogen and oxygen atoms in total. The first-order valence-corrected chi connectivity index (χ1v) is 8.55. The lowest BCUT2D eigenvalue weighted by Gasteiger charge is -2.27. The fourth-order valence-corrected chi connectivity index (χ4v) is 2.07. The normalized spacial score (nSPS) is 15.0. The summed E-state index contributed by atoms with van der Waals surface area (Å²) in [6.07, 6.45) is 1.01. The molecular weight excluding hydrogens is 180 g/mol. The van der Waals surface area contributed by atoms with Gasteiger partial charge in [-0.3, -0.25) is 0 Å². The van der Waals surface area contributed by atoms with Crippen LogP contribution in [0.1, 0.15) is 27.2 Å². The molecule has 1 atom stereocenters. The highest BCUT2D eigenvalue weighted by molar-refractivity contribution is 6.69. The summed E-state index contributed by atoms with van der Waals surface area (Å²) >= 11 is 0. The molecule has 0 aliphatic carbocycles. The van der Waals surface area contributed by atoms with E-state index in [2.05, 4.69) is 33.5 Å². The average Bonchev–Trinajstić information content (AvgIpc) is 1.81. The predicted octanol–water partition coefficient (Wildman–Crippen LogP) is 3.25. The Bertz CT molecular complexity index is 129. The van der Waals surface area contributed by atoms with Crippen molar-refractivity contribution in [1.29, 1.82) is 0 Å². The van der Waals surface area contributed by atoms with E-state index in [1.165, 1.54) is 0 Å². The minimum absolute atomic E-state index is 0.0108. The van der Waals surface area contributed by atoms with E-state index in [0.29, 0.717) is 5.92 Å². The third-order valence-corrected chi connectivity index (χ3v) is 2.47. The summed E-state index contributed by atoms with van der Waals surface area (Å²) < 4.78 is 11.4. The molecule has 0 rings (SSSR count). The van der Waals surface area contributed by atoms with E-state index in [4.69, 9.17) is 9.16 Å². The van der Waals surface area contributed by atoms with Gasteiger partial charge >= 0.3 is 0 Å². The highest BCUT2D eigenvalue weighted by atomic mass is 28.4. The van der Waals surface area contributed by atoms with Gasteiger partial charge in [-0.05, 0) is 38.9 Å². The maximum atomic E-state index is 5.91. The standard InChI is InChI=1S/C10H24O2Si/c1-7-11-10(8-9(2)3)12-13(4,5)6/h9-10H,7-8H2,1-6H3. The lowest BCUT2D eigenvalue weighted by molar-refractivity contribution is -0.0913. The van der Waals surface area contributed by atoms with Crippen LogP contribution in [0, 0.1) is 5.92 Å². The van der Waals surface area contributed by atoms with Gasteiger partial charge in [-0.15, -0.1) is 0 Å². The minimum Gasteiger partial charge on any atom is -0.393 e. The molecule has 0 fully saturated rings. The topological polar surface area (TPSA) is 18.5 Å². The Balaban J connectivity index is 3.94. The van der Waals surface area contributed by atoms with Gasteiger partial charge in [-0.25, -0.2) is 0 Å². The summed E-state index contributed by atoms with van der Waals surface area (Å²) in [6, 6.07) is 0. The molecule has 0 amide bonds. The quantitative estimate of drug-likeness (QED) is 0.488. The van der Waals surface area contributed by atoms with Crippen molar-refractivity contribution in [2.75, 3.05) is 6.61 Å². The SMILES string of the molecule is CCOC(CC(C)C)O[Si](C)(C)C. The molecule has 3 heteroatoms. The Morgan fingerprint density at radius 2 is 1.69 bits per heavy atom. The van der Waals surface area contributed by atoms with Crippen molar-refractivity contribution in [3.05, 3.63) is 0 Å². The molecular formula is C10H24O2Si. The van der Waals surface area contributed by atoms with Crippen molar-refractivity contribution < 1.29 is 9.16 Å². The Kier molecular flexibility index (Phi) is 5.84. The molecule has 0 aliphatic heterocycles. The molecule has 1 unspecified atom stereocenters. The van der Waals surface area contributed by atoms with Crippen molar-refractivity contribution in [3.8, 4) is 0 Å². The zero-order valence-electron chi connectivity index (χ0n) is 9.89. The number of hydrogen-bond donors (Lipinski definition) is 0. The number of ether oxygens (including phenoxy) is 1. The van der Waals surface area contributed by atoms with Gasteiger partial charge in [0.15, 0.2) is 8.32 Å². The van der Waals surface area contributed by atoms with Crippen LogP contribution in [0.4, 0.5) is 0 Å². The zero-order valence-corrected chi connectivity index (χ0v) is 10.9. The Morgan fingerprint density at radius 3 is 2.00 bits per heavy atom. The molecule has 0 heterocycles. The van der Waals surface area contributed by atoms with Gasteiger partial charge in [0.1, 0.15) is 6.29 Å². The van der Waals surface area contributed by atoms with E-state index in [9.17, 15) is 0 Å². The molecule has 0 saturated carbocycles. The average molecular weight is 204 g/mol. The third kappa shape index (κ3) is 8.47. The van der Waals surface area contributed by atoms with E-state index >= 15 is 0 Å². The summed E-state index contributed by atoms with van der Waals surface area (Å²) in [6.45, 7) is 13.7. The molecule has 0 bridgehead atoms. The van der Waals surface area contributed by atoms with Crippen molar-refractivity contribution in [3.63, 3.8) is 0 Å². The zero-order chi connectivity index (χ0) is 10.5. The van der Waals surface area contributed by atoms with Gasteiger partial charge in [-0.2, -0.15) is 0 Å². The summed E-state index contributed by atoms with van der Waals surface area (Å²) in [5.41, 5.74) is 0. The van der Waals surface area contributed by atoms with E-state index in [-0.39, 0.29) is 6.29 Å². The van der Waals surface area contributed by atoms with Gasteiger partial charge in [0.2, 0.25) is 0 Å². The Labute approximate surface area is 83.8 Å². The summed E-state index contributed by atoms with van der Waals surface area (Å²) in [7, 11) is -1.45. The van der Waals surface area contributed by atoms with Crippen LogP contribution in [0.3, 0.4) is 0 Å². The van der Waals surface area contributed by atoms with Crippen molar-refractivity contribution >= 4 is 8.32 Å². The van der Waals surface area contributed by atoms with E-state index in [1.807, 2.05) is 6.92 Å². The van der Waals surface area contributed by atoms with E-state index < -0.39 is 8.32 Å².